The zero-order valence-electron chi connectivity index (χ0n) is 15.6. The summed E-state index contributed by atoms with van der Waals surface area (Å²) >= 11 is 0. The highest BCUT2D eigenvalue weighted by atomic mass is 14.3. The van der Waals surface area contributed by atoms with Gasteiger partial charge in [-0.25, -0.2) is 0 Å². The van der Waals surface area contributed by atoms with E-state index in [0.717, 1.165) is 11.8 Å². The summed E-state index contributed by atoms with van der Waals surface area (Å²) in [4.78, 5) is 0. The highest BCUT2D eigenvalue weighted by molar-refractivity contribution is 4.81. The first-order chi connectivity index (χ1) is 10.9. The van der Waals surface area contributed by atoms with Crippen LogP contribution in [0.5, 0.6) is 0 Å². The van der Waals surface area contributed by atoms with Gasteiger partial charge in [0, 0.05) is 0 Å². The van der Waals surface area contributed by atoms with E-state index in [1.807, 2.05) is 0 Å². The van der Waals surface area contributed by atoms with Gasteiger partial charge in [-0.05, 0) is 37.5 Å². The fourth-order valence-corrected chi connectivity index (χ4v) is 4.19. The van der Waals surface area contributed by atoms with Gasteiger partial charge in [0.1, 0.15) is 0 Å². The van der Waals surface area contributed by atoms with Crippen LogP contribution in [0, 0.1) is 11.8 Å². The molecule has 0 saturated heterocycles. The number of hydrogen-bond donors (Lipinski definition) is 0. The lowest BCUT2D eigenvalue weighted by molar-refractivity contribution is 0.216. The summed E-state index contributed by atoms with van der Waals surface area (Å²) in [5.41, 5.74) is 0. The van der Waals surface area contributed by atoms with Crippen molar-refractivity contribution in [2.75, 3.05) is 0 Å². The van der Waals surface area contributed by atoms with Crippen LogP contribution < -0.4 is 0 Å². The van der Waals surface area contributed by atoms with Crippen molar-refractivity contribution in [1.82, 2.24) is 0 Å². The van der Waals surface area contributed by atoms with Crippen molar-refractivity contribution < 1.29 is 0 Å². The number of unbranched alkanes of at least 4 members (excludes halogenated alkanes) is 6. The summed E-state index contributed by atoms with van der Waals surface area (Å²) in [7, 11) is 0. The molecule has 1 aliphatic rings. The predicted octanol–water partition coefficient (Wildman–Crippen LogP) is 8.07. The molecule has 0 nitrogen and oxygen atoms in total. The first-order valence-electron chi connectivity index (χ1n) is 10.5. The second-order valence-corrected chi connectivity index (χ2v) is 7.53. The molecule has 0 N–H and O–H groups in total. The van der Waals surface area contributed by atoms with E-state index in [0.29, 0.717) is 0 Å². The SMILES string of the molecule is CCC=CCCCC(CCCCCCCC)C1CCCCC1. The quantitative estimate of drug-likeness (QED) is 0.238. The van der Waals surface area contributed by atoms with Gasteiger partial charge in [0.05, 0.1) is 0 Å². The maximum absolute atomic E-state index is 2.41. The average molecular weight is 307 g/mol. The lowest BCUT2D eigenvalue weighted by atomic mass is 9.75. The summed E-state index contributed by atoms with van der Waals surface area (Å²) < 4.78 is 0. The van der Waals surface area contributed by atoms with Gasteiger partial charge in [-0.3, -0.25) is 0 Å². The van der Waals surface area contributed by atoms with E-state index in [4.69, 9.17) is 0 Å². The maximum atomic E-state index is 2.41. The standard InChI is InChI=1S/C22H42/c1-3-5-7-9-11-14-18-21(17-13-10-8-6-4-2)22-19-15-12-16-20-22/h6,8,21-22H,3-5,7,9-20H2,1-2H3. The molecule has 0 heteroatoms. The lowest BCUT2D eigenvalue weighted by Crippen LogP contribution is -2.18. The molecule has 0 heterocycles. The van der Waals surface area contributed by atoms with Crippen molar-refractivity contribution >= 4 is 0 Å². The van der Waals surface area contributed by atoms with Crippen LogP contribution in [0.25, 0.3) is 0 Å². The molecule has 0 aromatic rings. The number of rotatable bonds is 13. The third kappa shape index (κ3) is 9.70. The smallest absolute Gasteiger partial charge is 0.0351 e. The van der Waals surface area contributed by atoms with E-state index in [-0.39, 0.29) is 0 Å². The Kier molecular flexibility index (Phi) is 12.9. The Morgan fingerprint density at radius 2 is 1.45 bits per heavy atom. The van der Waals surface area contributed by atoms with Crippen LogP contribution in [-0.4, -0.2) is 0 Å². The van der Waals surface area contributed by atoms with E-state index in [1.54, 1.807) is 0 Å². The summed E-state index contributed by atoms with van der Waals surface area (Å²) in [5.74, 6) is 2.11. The Labute approximate surface area is 141 Å². The van der Waals surface area contributed by atoms with Crippen molar-refractivity contribution in [3.8, 4) is 0 Å². The first-order valence-corrected chi connectivity index (χ1v) is 10.5. The van der Waals surface area contributed by atoms with Crippen molar-refractivity contribution in [2.24, 2.45) is 11.8 Å². The van der Waals surface area contributed by atoms with Crippen molar-refractivity contribution in [3.05, 3.63) is 12.2 Å². The van der Waals surface area contributed by atoms with Crippen LogP contribution in [0.15, 0.2) is 12.2 Å². The van der Waals surface area contributed by atoms with Gasteiger partial charge in [-0.15, -0.1) is 0 Å². The largest absolute Gasteiger partial charge is 0.0888 e. The van der Waals surface area contributed by atoms with Gasteiger partial charge in [0.25, 0.3) is 0 Å². The maximum Gasteiger partial charge on any atom is -0.0351 e. The summed E-state index contributed by atoms with van der Waals surface area (Å²) in [6.07, 6.45) is 28.0. The highest BCUT2D eigenvalue weighted by Gasteiger charge is 2.22. The molecule has 0 radical (unpaired) electrons. The zero-order valence-corrected chi connectivity index (χ0v) is 15.6. The van der Waals surface area contributed by atoms with Crippen LogP contribution in [0.4, 0.5) is 0 Å². The van der Waals surface area contributed by atoms with Crippen LogP contribution in [0.2, 0.25) is 0 Å². The van der Waals surface area contributed by atoms with Crippen molar-refractivity contribution in [1.29, 1.82) is 0 Å². The van der Waals surface area contributed by atoms with Gasteiger partial charge >= 0.3 is 0 Å². The fraction of sp³-hybridized carbons (Fsp3) is 0.909. The third-order valence-corrected chi connectivity index (χ3v) is 5.59. The first kappa shape index (κ1) is 19.8. The van der Waals surface area contributed by atoms with E-state index >= 15 is 0 Å². The van der Waals surface area contributed by atoms with Gasteiger partial charge in [-0.2, -0.15) is 0 Å². The molecular weight excluding hydrogens is 264 g/mol. The summed E-state index contributed by atoms with van der Waals surface area (Å²) in [6, 6.07) is 0. The molecule has 130 valence electrons. The Morgan fingerprint density at radius 3 is 2.18 bits per heavy atom. The predicted molar refractivity (Wildman–Crippen MR) is 101 cm³/mol. The van der Waals surface area contributed by atoms with Crippen molar-refractivity contribution in [2.45, 2.75) is 117 Å². The molecule has 22 heavy (non-hydrogen) atoms. The molecule has 1 aliphatic carbocycles. The van der Waals surface area contributed by atoms with Crippen molar-refractivity contribution in [3.63, 3.8) is 0 Å². The molecule has 0 spiro atoms. The zero-order chi connectivity index (χ0) is 15.9. The van der Waals surface area contributed by atoms with E-state index in [9.17, 15) is 0 Å². The Hall–Kier alpha value is -0.260. The molecule has 1 atom stereocenters. The van der Waals surface area contributed by atoms with E-state index < -0.39 is 0 Å². The summed E-state index contributed by atoms with van der Waals surface area (Å²) in [6.45, 7) is 4.55. The molecule has 1 unspecified atom stereocenters. The fourth-order valence-electron chi connectivity index (χ4n) is 4.19. The molecule has 0 bridgehead atoms. The van der Waals surface area contributed by atoms with Crippen LogP contribution in [-0.2, 0) is 0 Å². The van der Waals surface area contributed by atoms with Gasteiger partial charge in [-0.1, -0.05) is 103 Å². The summed E-state index contributed by atoms with van der Waals surface area (Å²) in [5, 5.41) is 0. The topological polar surface area (TPSA) is 0 Å². The van der Waals surface area contributed by atoms with Crippen LogP contribution >= 0.6 is 0 Å². The monoisotopic (exact) mass is 306 g/mol. The molecule has 0 amide bonds. The minimum absolute atomic E-state index is 1.04. The number of hydrogen-bond acceptors (Lipinski definition) is 0. The normalized spacial score (nSPS) is 18.1. The minimum Gasteiger partial charge on any atom is -0.0888 e. The van der Waals surface area contributed by atoms with Crippen LogP contribution in [0.1, 0.15) is 117 Å². The molecule has 0 aliphatic heterocycles. The second-order valence-electron chi connectivity index (χ2n) is 7.53. The second kappa shape index (κ2) is 14.3. The molecule has 0 aromatic heterocycles. The molecule has 1 saturated carbocycles. The average Bonchev–Trinajstić information content (AvgIpc) is 2.56. The molecule has 0 aromatic carbocycles. The molecular formula is C22H42. The molecule has 1 fully saturated rings. The third-order valence-electron chi connectivity index (χ3n) is 5.59. The lowest BCUT2D eigenvalue weighted by Gasteiger charge is -2.30. The van der Waals surface area contributed by atoms with Gasteiger partial charge < -0.3 is 0 Å². The van der Waals surface area contributed by atoms with Gasteiger partial charge in [0.15, 0.2) is 0 Å². The Balaban J connectivity index is 2.22. The Morgan fingerprint density at radius 1 is 0.773 bits per heavy atom. The van der Waals surface area contributed by atoms with Crippen LogP contribution in [0.3, 0.4) is 0 Å². The Bertz CT molecular complexity index is 247. The van der Waals surface area contributed by atoms with E-state index in [2.05, 4.69) is 26.0 Å². The minimum atomic E-state index is 1.04. The van der Waals surface area contributed by atoms with E-state index in [1.165, 1.54) is 103 Å². The number of allylic oxidation sites excluding steroid dienone is 2. The van der Waals surface area contributed by atoms with Gasteiger partial charge in [0.2, 0.25) is 0 Å². The highest BCUT2D eigenvalue weighted by Crippen LogP contribution is 2.35. The molecule has 1 rings (SSSR count).